The molecule has 30 heavy (non-hydrogen) atoms. The molecular formula is C18H14Cl2F2N6O2. The fraction of sp³-hybridized carbons (Fsp3) is 0.0556. The highest BCUT2D eigenvalue weighted by Gasteiger charge is 2.12. The monoisotopic (exact) mass is 454 g/mol. The average molecular weight is 455 g/mol. The maximum atomic E-state index is 13.8. The van der Waals surface area contributed by atoms with Gasteiger partial charge in [0, 0.05) is 11.1 Å². The van der Waals surface area contributed by atoms with Crippen LogP contribution in [0.3, 0.4) is 0 Å². The van der Waals surface area contributed by atoms with Crippen LogP contribution in [-0.2, 0) is 4.79 Å². The van der Waals surface area contributed by atoms with E-state index in [1.54, 1.807) is 6.07 Å². The molecule has 0 radical (unpaired) electrons. The molecule has 156 valence electrons. The summed E-state index contributed by atoms with van der Waals surface area (Å²) in [5.74, 6) is -1.59. The zero-order valence-corrected chi connectivity index (χ0v) is 16.6. The van der Waals surface area contributed by atoms with Gasteiger partial charge in [-0.15, -0.1) is 0 Å². The molecule has 0 spiro atoms. The Kier molecular flexibility index (Phi) is 6.70. The normalized spacial score (nSPS) is 10.4. The predicted octanol–water partition coefficient (Wildman–Crippen LogP) is 3.91. The average Bonchev–Trinajstić information content (AvgIpc) is 2.70. The lowest BCUT2D eigenvalue weighted by Gasteiger charge is -2.14. The first-order chi connectivity index (χ1) is 14.3. The van der Waals surface area contributed by atoms with Gasteiger partial charge >= 0.3 is 0 Å². The number of nitrogens with one attached hydrogen (secondary N) is 3. The molecule has 1 amide bonds. The topological polar surface area (TPSA) is 114 Å². The molecule has 0 bridgehead atoms. The van der Waals surface area contributed by atoms with Crippen LogP contribution in [0.4, 0.5) is 31.8 Å². The van der Waals surface area contributed by atoms with E-state index in [1.807, 2.05) is 0 Å². The fourth-order valence-electron chi connectivity index (χ4n) is 2.22. The minimum Gasteiger partial charge on any atom is -0.482 e. The number of amides is 1. The van der Waals surface area contributed by atoms with Gasteiger partial charge in [-0.3, -0.25) is 15.6 Å². The van der Waals surface area contributed by atoms with Gasteiger partial charge in [-0.1, -0.05) is 23.2 Å². The van der Waals surface area contributed by atoms with Crippen molar-refractivity contribution in [3.05, 3.63) is 64.4 Å². The quantitative estimate of drug-likeness (QED) is 0.400. The van der Waals surface area contributed by atoms with Gasteiger partial charge in [0.05, 0.1) is 10.7 Å². The molecule has 1 aromatic heterocycles. The molecule has 0 aliphatic rings. The number of benzene rings is 2. The number of nitrogens with zero attached hydrogens (tertiary/aromatic N) is 2. The van der Waals surface area contributed by atoms with E-state index >= 15 is 0 Å². The first kappa shape index (κ1) is 21.3. The molecule has 5 N–H and O–H groups in total. The molecule has 0 aliphatic carbocycles. The Morgan fingerprint density at radius 1 is 1.10 bits per heavy atom. The van der Waals surface area contributed by atoms with E-state index in [1.165, 1.54) is 12.1 Å². The Hall–Kier alpha value is -3.37. The molecule has 2 aromatic carbocycles. The predicted molar refractivity (Wildman–Crippen MR) is 110 cm³/mol. The van der Waals surface area contributed by atoms with Gasteiger partial charge in [-0.25, -0.2) is 18.7 Å². The van der Waals surface area contributed by atoms with Gasteiger partial charge < -0.3 is 15.8 Å². The lowest BCUT2D eigenvalue weighted by molar-refractivity contribution is -0.122. The van der Waals surface area contributed by atoms with Gasteiger partial charge in [0.2, 0.25) is 0 Å². The summed E-state index contributed by atoms with van der Waals surface area (Å²) < 4.78 is 32.4. The maximum absolute atomic E-state index is 13.8. The Morgan fingerprint density at radius 3 is 2.63 bits per heavy atom. The molecule has 12 heteroatoms. The zero-order valence-electron chi connectivity index (χ0n) is 15.0. The number of hydrazine groups is 1. The summed E-state index contributed by atoms with van der Waals surface area (Å²) in [4.78, 5) is 19.8. The van der Waals surface area contributed by atoms with Crippen LogP contribution in [0, 0.1) is 11.6 Å². The summed E-state index contributed by atoms with van der Waals surface area (Å²) in [6.45, 7) is -0.362. The molecule has 3 aromatic rings. The number of nitrogen functional groups attached to an aromatic ring is 1. The van der Waals surface area contributed by atoms with Gasteiger partial charge in [0.15, 0.2) is 18.2 Å². The maximum Gasteiger partial charge on any atom is 0.276 e. The van der Waals surface area contributed by atoms with Crippen LogP contribution in [0.2, 0.25) is 10.0 Å². The molecule has 8 nitrogen and oxygen atoms in total. The molecule has 0 unspecified atom stereocenters. The smallest absolute Gasteiger partial charge is 0.276 e. The van der Waals surface area contributed by atoms with Gasteiger partial charge in [-0.2, -0.15) is 0 Å². The molecular weight excluding hydrogens is 441 g/mol. The summed E-state index contributed by atoms with van der Waals surface area (Å²) in [5, 5.41) is 3.26. The third kappa shape index (κ3) is 5.37. The van der Waals surface area contributed by atoms with Crippen molar-refractivity contribution in [2.24, 2.45) is 0 Å². The first-order valence-electron chi connectivity index (χ1n) is 8.28. The third-order valence-corrected chi connectivity index (χ3v) is 4.17. The van der Waals surface area contributed by atoms with Gasteiger partial charge in [0.1, 0.15) is 29.4 Å². The number of carbonyl (C=O) groups excluding carboxylic acids is 1. The molecule has 3 rings (SSSR count). The number of ether oxygens (including phenoxy) is 1. The van der Waals surface area contributed by atoms with Crippen molar-refractivity contribution in [3.63, 3.8) is 0 Å². The molecule has 0 saturated heterocycles. The summed E-state index contributed by atoms with van der Waals surface area (Å²) in [7, 11) is 0. The lowest BCUT2D eigenvalue weighted by atomic mass is 10.3. The number of halogens is 4. The second-order valence-corrected chi connectivity index (χ2v) is 6.61. The van der Waals surface area contributed by atoms with Crippen LogP contribution in [0.15, 0.2) is 42.7 Å². The van der Waals surface area contributed by atoms with Crippen molar-refractivity contribution in [1.82, 2.24) is 15.4 Å². The Labute approximate surface area is 179 Å². The van der Waals surface area contributed by atoms with Crippen LogP contribution in [0.25, 0.3) is 0 Å². The molecule has 0 fully saturated rings. The van der Waals surface area contributed by atoms with Crippen LogP contribution >= 0.6 is 23.2 Å². The molecule has 0 saturated carbocycles. The number of rotatable bonds is 7. The second kappa shape index (κ2) is 9.42. The molecule has 0 atom stereocenters. The van der Waals surface area contributed by atoms with Crippen molar-refractivity contribution in [3.8, 4) is 5.75 Å². The minimum atomic E-state index is -0.699. The molecule has 0 aliphatic heterocycles. The Morgan fingerprint density at radius 2 is 1.87 bits per heavy atom. The largest absolute Gasteiger partial charge is 0.482 e. The van der Waals surface area contributed by atoms with E-state index in [0.717, 1.165) is 24.5 Å². The highest BCUT2D eigenvalue weighted by atomic mass is 35.5. The van der Waals surface area contributed by atoms with Crippen molar-refractivity contribution in [1.29, 1.82) is 0 Å². The Bertz CT molecular complexity index is 1090. The van der Waals surface area contributed by atoms with E-state index in [9.17, 15) is 13.6 Å². The van der Waals surface area contributed by atoms with E-state index in [2.05, 4.69) is 26.1 Å². The van der Waals surface area contributed by atoms with Crippen molar-refractivity contribution >= 4 is 52.1 Å². The first-order valence-corrected chi connectivity index (χ1v) is 9.04. The number of nitrogens with two attached hydrogens (primary N) is 1. The standard InChI is InChI=1S/C18H14Cl2F2N6O2/c19-9-1-4-14(11(20)5-9)30-7-15(29)27-28-18-16(23)17(24-8-25-18)26-13-6-10(21)2-3-12(13)22/h1-6,8H,7,23H2,(H,27,29)(H2,24,25,26,28). The van der Waals surface area contributed by atoms with Crippen LogP contribution in [-0.4, -0.2) is 22.5 Å². The van der Waals surface area contributed by atoms with Crippen molar-refractivity contribution in [2.45, 2.75) is 0 Å². The van der Waals surface area contributed by atoms with Crippen LogP contribution in [0.1, 0.15) is 0 Å². The second-order valence-electron chi connectivity index (χ2n) is 5.77. The lowest BCUT2D eigenvalue weighted by Crippen LogP contribution is -2.34. The Balaban J connectivity index is 1.61. The van der Waals surface area contributed by atoms with Crippen LogP contribution < -0.4 is 26.6 Å². The van der Waals surface area contributed by atoms with E-state index in [-0.39, 0.29) is 40.4 Å². The third-order valence-electron chi connectivity index (χ3n) is 3.64. The number of anilines is 4. The summed E-state index contributed by atoms with van der Waals surface area (Å²) >= 11 is 11.8. The highest BCUT2D eigenvalue weighted by Crippen LogP contribution is 2.28. The van der Waals surface area contributed by atoms with E-state index in [4.69, 9.17) is 33.7 Å². The van der Waals surface area contributed by atoms with Gasteiger partial charge in [0.25, 0.3) is 5.91 Å². The van der Waals surface area contributed by atoms with E-state index < -0.39 is 17.5 Å². The van der Waals surface area contributed by atoms with Crippen molar-refractivity contribution in [2.75, 3.05) is 23.1 Å². The number of aromatic nitrogens is 2. The number of carbonyl (C=O) groups is 1. The molecule has 1 heterocycles. The summed E-state index contributed by atoms with van der Waals surface area (Å²) in [6.07, 6.45) is 1.12. The van der Waals surface area contributed by atoms with Crippen molar-refractivity contribution < 1.29 is 18.3 Å². The van der Waals surface area contributed by atoms with Crippen LogP contribution in [0.5, 0.6) is 5.75 Å². The minimum absolute atomic E-state index is 0.00967. The van der Waals surface area contributed by atoms with Gasteiger partial charge in [-0.05, 0) is 30.3 Å². The fourth-order valence-corrected chi connectivity index (χ4v) is 2.68. The zero-order chi connectivity index (χ0) is 21.7. The summed E-state index contributed by atoms with van der Waals surface area (Å²) in [5.41, 5.74) is 10.6. The van der Waals surface area contributed by atoms with E-state index in [0.29, 0.717) is 5.02 Å². The number of hydrogen-bond donors (Lipinski definition) is 4. The SMILES string of the molecule is Nc1c(NNC(=O)COc2ccc(Cl)cc2Cl)ncnc1Nc1cc(F)ccc1F. The highest BCUT2D eigenvalue weighted by molar-refractivity contribution is 6.35. The number of hydrogen-bond acceptors (Lipinski definition) is 7. The summed E-state index contributed by atoms with van der Waals surface area (Å²) in [6, 6.07) is 7.46.